The lowest BCUT2D eigenvalue weighted by Gasteiger charge is -2.40. The van der Waals surface area contributed by atoms with Crippen LogP contribution in [-0.2, 0) is 15.8 Å². The molecule has 0 fully saturated rings. The van der Waals surface area contributed by atoms with Crippen LogP contribution in [0.15, 0.2) is 40.7 Å². The number of alkyl halides is 3. The zero-order chi connectivity index (χ0) is 21.1. The summed E-state index contributed by atoms with van der Waals surface area (Å²) >= 11 is 6.23. The smallest absolute Gasteiger partial charge is 0.362 e. The van der Waals surface area contributed by atoms with Gasteiger partial charge in [-0.1, -0.05) is 37.6 Å². The minimum atomic E-state index is -4.62. The molecule has 0 saturated carbocycles. The number of benzene rings is 1. The molecule has 0 amide bonds. The Balaban J connectivity index is 1.96. The number of allylic oxidation sites excluding steroid dienone is 4. The lowest BCUT2D eigenvalue weighted by atomic mass is 9.69. The van der Waals surface area contributed by atoms with Crippen molar-refractivity contribution in [2.45, 2.75) is 51.6 Å². The van der Waals surface area contributed by atoms with Crippen LogP contribution >= 0.6 is 11.6 Å². The lowest BCUT2D eigenvalue weighted by Crippen LogP contribution is -2.39. The van der Waals surface area contributed by atoms with E-state index >= 15 is 0 Å². The average Bonchev–Trinajstić information content (AvgIpc) is 2.58. The molecule has 0 spiro atoms. The van der Waals surface area contributed by atoms with E-state index in [-0.39, 0.29) is 29.0 Å². The molecule has 0 aromatic heterocycles. The molecule has 2 atom stereocenters. The number of ketones is 2. The van der Waals surface area contributed by atoms with Gasteiger partial charge in [-0.2, -0.15) is 13.2 Å². The van der Waals surface area contributed by atoms with Crippen molar-refractivity contribution in [3.8, 4) is 0 Å². The van der Waals surface area contributed by atoms with Gasteiger partial charge in [-0.05, 0) is 36.3 Å². The van der Waals surface area contributed by atoms with Crippen LogP contribution in [0.2, 0.25) is 5.02 Å². The monoisotopic (exact) mass is 423 g/mol. The van der Waals surface area contributed by atoms with Gasteiger partial charge in [0.25, 0.3) is 0 Å². The third-order valence-corrected chi connectivity index (χ3v) is 6.37. The van der Waals surface area contributed by atoms with Crippen LogP contribution in [0, 0.1) is 11.8 Å². The van der Waals surface area contributed by atoms with Crippen LogP contribution in [0.5, 0.6) is 0 Å². The molecule has 1 aromatic carbocycles. The molecule has 0 radical (unpaired) electrons. The van der Waals surface area contributed by atoms with Crippen LogP contribution < -0.4 is 5.32 Å². The third-order valence-electron chi connectivity index (χ3n) is 5.95. The summed E-state index contributed by atoms with van der Waals surface area (Å²) in [6.45, 7) is 3.93. The number of nitrogens with one attached hydrogen (secondary N) is 1. The van der Waals surface area contributed by atoms with Gasteiger partial charge in [0, 0.05) is 41.3 Å². The molecule has 29 heavy (non-hydrogen) atoms. The quantitative estimate of drug-likeness (QED) is 0.644. The first-order valence-electron chi connectivity index (χ1n) is 9.73. The highest BCUT2D eigenvalue weighted by Crippen LogP contribution is 2.49. The van der Waals surface area contributed by atoms with E-state index in [2.05, 4.69) is 5.32 Å². The van der Waals surface area contributed by atoms with Crippen LogP contribution in [0.25, 0.3) is 0 Å². The Morgan fingerprint density at radius 2 is 1.45 bits per heavy atom. The number of rotatable bonds is 1. The first kappa shape index (κ1) is 20.2. The van der Waals surface area contributed by atoms with Gasteiger partial charge in [0.2, 0.25) is 0 Å². The minimum absolute atomic E-state index is 0.130. The molecular weight excluding hydrogens is 403 g/mol. The molecule has 154 valence electrons. The molecule has 2 aliphatic carbocycles. The van der Waals surface area contributed by atoms with Gasteiger partial charge < -0.3 is 5.32 Å². The van der Waals surface area contributed by atoms with Crippen LogP contribution in [0.1, 0.15) is 56.6 Å². The molecule has 3 nitrogen and oxygen atoms in total. The van der Waals surface area contributed by atoms with Crippen molar-refractivity contribution < 1.29 is 22.8 Å². The summed E-state index contributed by atoms with van der Waals surface area (Å²) in [5.41, 5.74) is 1.44. The van der Waals surface area contributed by atoms with Crippen molar-refractivity contribution in [1.29, 1.82) is 0 Å². The molecule has 1 aromatic rings. The summed E-state index contributed by atoms with van der Waals surface area (Å²) in [7, 11) is 0. The van der Waals surface area contributed by atoms with Gasteiger partial charge in [-0.25, -0.2) is 0 Å². The summed E-state index contributed by atoms with van der Waals surface area (Å²) in [6, 6.07) is 3.71. The number of halogens is 4. The second-order valence-electron chi connectivity index (χ2n) is 8.42. The van der Waals surface area contributed by atoms with E-state index in [1.807, 2.05) is 13.8 Å². The van der Waals surface area contributed by atoms with Crippen molar-refractivity contribution in [2.75, 3.05) is 0 Å². The summed E-state index contributed by atoms with van der Waals surface area (Å²) < 4.78 is 40.4. The summed E-state index contributed by atoms with van der Waals surface area (Å²) in [5, 5.41) is 2.85. The van der Waals surface area contributed by atoms with E-state index in [9.17, 15) is 22.8 Å². The van der Waals surface area contributed by atoms with Crippen molar-refractivity contribution in [1.82, 2.24) is 5.32 Å². The van der Waals surface area contributed by atoms with Gasteiger partial charge in [0.05, 0.1) is 10.6 Å². The molecular formula is C22H21ClF3NO2. The first-order valence-corrected chi connectivity index (χ1v) is 10.1. The third kappa shape index (κ3) is 3.41. The molecule has 0 bridgehead atoms. The molecule has 1 aliphatic heterocycles. The van der Waals surface area contributed by atoms with Crippen LogP contribution in [0.4, 0.5) is 13.2 Å². The van der Waals surface area contributed by atoms with E-state index < -0.39 is 22.7 Å². The maximum absolute atomic E-state index is 13.5. The predicted octanol–water partition coefficient (Wildman–Crippen LogP) is 5.55. The van der Waals surface area contributed by atoms with Crippen LogP contribution in [0.3, 0.4) is 0 Å². The van der Waals surface area contributed by atoms with Gasteiger partial charge in [0.15, 0.2) is 11.6 Å². The predicted molar refractivity (Wildman–Crippen MR) is 103 cm³/mol. The van der Waals surface area contributed by atoms with Crippen molar-refractivity contribution in [3.63, 3.8) is 0 Å². The zero-order valence-corrected chi connectivity index (χ0v) is 16.9. The fourth-order valence-electron chi connectivity index (χ4n) is 4.79. The number of hydrogen-bond donors (Lipinski definition) is 1. The van der Waals surface area contributed by atoms with Crippen molar-refractivity contribution >= 4 is 23.2 Å². The summed E-state index contributed by atoms with van der Waals surface area (Å²) in [4.78, 5) is 25.9. The van der Waals surface area contributed by atoms with E-state index in [4.69, 9.17) is 11.6 Å². The number of Topliss-reactive ketones (excluding diaryl/α,β-unsaturated/α-hetero) is 2. The Bertz CT molecular complexity index is 931. The number of carbonyl (C=O) groups is 2. The van der Waals surface area contributed by atoms with E-state index in [1.165, 1.54) is 12.1 Å². The highest BCUT2D eigenvalue weighted by atomic mass is 35.5. The molecule has 4 rings (SSSR count). The lowest BCUT2D eigenvalue weighted by molar-refractivity contribution is -0.137. The Morgan fingerprint density at radius 3 is 1.93 bits per heavy atom. The second kappa shape index (κ2) is 7.01. The molecule has 3 aliphatic rings. The molecule has 2 unspecified atom stereocenters. The van der Waals surface area contributed by atoms with Crippen LogP contribution in [-0.4, -0.2) is 11.6 Å². The van der Waals surface area contributed by atoms with E-state index in [1.54, 1.807) is 0 Å². The van der Waals surface area contributed by atoms with E-state index in [0.717, 1.165) is 6.07 Å². The maximum atomic E-state index is 13.5. The molecule has 0 saturated heterocycles. The topological polar surface area (TPSA) is 46.2 Å². The van der Waals surface area contributed by atoms with Gasteiger partial charge >= 0.3 is 6.18 Å². The maximum Gasteiger partial charge on any atom is 0.417 e. The number of dihydropyridines is 1. The Hall–Kier alpha value is -2.08. The molecule has 1 N–H and O–H groups in total. The van der Waals surface area contributed by atoms with Crippen molar-refractivity contribution in [3.05, 3.63) is 56.9 Å². The Morgan fingerprint density at radius 1 is 0.931 bits per heavy atom. The van der Waals surface area contributed by atoms with Gasteiger partial charge in [-0.3, -0.25) is 9.59 Å². The minimum Gasteiger partial charge on any atom is -0.362 e. The second-order valence-corrected chi connectivity index (χ2v) is 8.80. The standard InChI is InChI=1S/C22H21ClF3NO2/c1-10-6-14-19(16(28)8-10)18(20-15(27-14)7-11(2)9-17(20)29)12-4-3-5-13(21(12)23)22(24,25)26/h3-5,10-11,18,27H,6-9H2,1-2H3. The summed E-state index contributed by atoms with van der Waals surface area (Å²) in [5.74, 6) is -0.864. The van der Waals surface area contributed by atoms with Gasteiger partial charge in [0.1, 0.15) is 0 Å². The van der Waals surface area contributed by atoms with Gasteiger partial charge in [-0.15, -0.1) is 0 Å². The average molecular weight is 424 g/mol. The van der Waals surface area contributed by atoms with Crippen molar-refractivity contribution in [2.24, 2.45) is 11.8 Å². The fourth-order valence-corrected chi connectivity index (χ4v) is 5.13. The SMILES string of the molecule is CC1CC(=O)C2=C(C1)NC1=C(C(=O)CC(C)C1)C2c1cccc(C(F)(F)F)c1Cl. The highest BCUT2D eigenvalue weighted by Gasteiger charge is 2.44. The first-order chi connectivity index (χ1) is 13.6. The normalized spacial score (nSPS) is 27.6. The largest absolute Gasteiger partial charge is 0.417 e. The fraction of sp³-hybridized carbons (Fsp3) is 0.455. The zero-order valence-electron chi connectivity index (χ0n) is 16.1. The summed E-state index contributed by atoms with van der Waals surface area (Å²) in [6.07, 6.45) is -2.77. The Labute approximate surface area is 172 Å². The molecule has 7 heteroatoms. The number of carbonyl (C=O) groups excluding carboxylic acids is 2. The van der Waals surface area contributed by atoms with E-state index in [0.29, 0.717) is 48.2 Å². The number of hydrogen-bond acceptors (Lipinski definition) is 3. The highest BCUT2D eigenvalue weighted by molar-refractivity contribution is 6.32. The Kier molecular flexibility index (Phi) is 4.88. The molecule has 1 heterocycles.